The number of halogens is 4. The van der Waals surface area contributed by atoms with Gasteiger partial charge in [0, 0.05) is 38.2 Å². The van der Waals surface area contributed by atoms with Crippen LogP contribution in [-0.2, 0) is 22.4 Å². The highest BCUT2D eigenvalue weighted by Crippen LogP contribution is 2.29. The van der Waals surface area contributed by atoms with Crippen LogP contribution in [-0.4, -0.2) is 51.5 Å². The van der Waals surface area contributed by atoms with Gasteiger partial charge in [-0.25, -0.2) is 13.4 Å². The first-order valence-electron chi connectivity index (χ1n) is 6.75. The standard InChI is InChI=1S/C12H19F3N4O2S2.HI/c1-16-11(17-5-3-7-23(2,20)21)18-6-4-10-19-9(8-22-10)12(13,14)15;/h8H,3-7H2,1-2H3,(H2,16,17,18);1H. The van der Waals surface area contributed by atoms with Crippen LogP contribution >= 0.6 is 35.3 Å². The molecule has 0 saturated carbocycles. The van der Waals surface area contributed by atoms with E-state index in [1.165, 1.54) is 6.26 Å². The van der Waals surface area contributed by atoms with Gasteiger partial charge in [-0.3, -0.25) is 4.99 Å². The fourth-order valence-electron chi connectivity index (χ4n) is 1.61. The minimum absolute atomic E-state index is 0. The average Bonchev–Trinajstić information content (AvgIpc) is 2.89. The van der Waals surface area contributed by atoms with Crippen LogP contribution in [0.15, 0.2) is 10.4 Å². The number of aliphatic imine (C=N–C) groups is 1. The van der Waals surface area contributed by atoms with Crippen LogP contribution in [0.2, 0.25) is 0 Å². The van der Waals surface area contributed by atoms with Gasteiger partial charge >= 0.3 is 6.18 Å². The minimum atomic E-state index is -4.42. The SMILES string of the molecule is CN=C(NCCCS(C)(=O)=O)NCCc1nc(C(F)(F)F)cs1.I. The number of alkyl halides is 3. The summed E-state index contributed by atoms with van der Waals surface area (Å²) in [5, 5.41) is 7.25. The molecule has 0 aromatic carbocycles. The summed E-state index contributed by atoms with van der Waals surface area (Å²) < 4.78 is 59.2. The molecule has 24 heavy (non-hydrogen) atoms. The van der Waals surface area contributed by atoms with E-state index in [1.54, 1.807) is 7.05 Å². The first-order valence-corrected chi connectivity index (χ1v) is 9.69. The normalized spacial score (nSPS) is 12.6. The molecule has 0 aliphatic rings. The third-order valence-corrected chi connectivity index (χ3v) is 4.62. The lowest BCUT2D eigenvalue weighted by Gasteiger charge is -2.10. The van der Waals surface area contributed by atoms with Crippen LogP contribution in [0.4, 0.5) is 13.2 Å². The zero-order chi connectivity index (χ0) is 17.5. The van der Waals surface area contributed by atoms with Gasteiger partial charge < -0.3 is 10.6 Å². The van der Waals surface area contributed by atoms with Crippen LogP contribution in [0, 0.1) is 0 Å². The summed E-state index contributed by atoms with van der Waals surface area (Å²) in [6, 6.07) is 0. The predicted octanol–water partition coefficient (Wildman–Crippen LogP) is 1.92. The average molecular weight is 500 g/mol. The highest BCUT2D eigenvalue weighted by atomic mass is 127. The number of nitrogens with one attached hydrogen (secondary N) is 2. The van der Waals surface area contributed by atoms with Gasteiger partial charge in [-0.2, -0.15) is 13.2 Å². The molecule has 0 fully saturated rings. The summed E-state index contributed by atoms with van der Waals surface area (Å²) in [4.78, 5) is 7.48. The zero-order valence-electron chi connectivity index (χ0n) is 13.2. The number of hydrogen-bond donors (Lipinski definition) is 2. The van der Waals surface area contributed by atoms with Gasteiger partial charge in [0.2, 0.25) is 0 Å². The lowest BCUT2D eigenvalue weighted by atomic mass is 10.4. The van der Waals surface area contributed by atoms with E-state index >= 15 is 0 Å². The Morgan fingerprint density at radius 2 is 1.96 bits per heavy atom. The Kier molecular flexibility index (Phi) is 10.1. The van der Waals surface area contributed by atoms with Crippen molar-refractivity contribution >= 4 is 51.1 Å². The maximum atomic E-state index is 12.4. The summed E-state index contributed by atoms with van der Waals surface area (Å²) in [6.45, 7) is 0.804. The van der Waals surface area contributed by atoms with Crippen LogP contribution in [0.1, 0.15) is 17.1 Å². The molecule has 0 radical (unpaired) electrons. The van der Waals surface area contributed by atoms with E-state index in [4.69, 9.17) is 0 Å². The fourth-order valence-corrected chi connectivity index (χ4v) is 3.08. The van der Waals surface area contributed by atoms with E-state index in [-0.39, 0.29) is 29.7 Å². The monoisotopic (exact) mass is 500 g/mol. The van der Waals surface area contributed by atoms with E-state index in [2.05, 4.69) is 20.6 Å². The van der Waals surface area contributed by atoms with Gasteiger partial charge in [0.25, 0.3) is 0 Å². The minimum Gasteiger partial charge on any atom is -0.356 e. The molecule has 1 aromatic rings. The Bertz CT molecular complexity index is 632. The highest BCUT2D eigenvalue weighted by Gasteiger charge is 2.33. The Balaban J connectivity index is 0.00000529. The number of hydrogen-bond acceptors (Lipinski definition) is 5. The molecular weight excluding hydrogens is 480 g/mol. The molecule has 12 heteroatoms. The number of thiazole rings is 1. The van der Waals surface area contributed by atoms with Crippen LogP contribution in [0.25, 0.3) is 0 Å². The molecule has 0 atom stereocenters. The molecule has 0 unspecified atom stereocenters. The molecular formula is C12H20F3IN4O2S2. The molecule has 1 aromatic heterocycles. The van der Waals surface area contributed by atoms with E-state index in [1.807, 2.05) is 0 Å². The summed E-state index contributed by atoms with van der Waals surface area (Å²) in [6.07, 6.45) is -2.46. The number of guanidine groups is 1. The van der Waals surface area contributed by atoms with Gasteiger partial charge in [0.1, 0.15) is 9.84 Å². The molecule has 0 saturated heterocycles. The first kappa shape index (κ1) is 23.4. The molecule has 140 valence electrons. The second-order valence-corrected chi connectivity index (χ2v) is 7.99. The molecule has 0 amide bonds. The third kappa shape index (κ3) is 9.61. The van der Waals surface area contributed by atoms with Crippen LogP contribution in [0.3, 0.4) is 0 Å². The second-order valence-electron chi connectivity index (χ2n) is 4.78. The van der Waals surface area contributed by atoms with Crippen molar-refractivity contribution in [3.8, 4) is 0 Å². The van der Waals surface area contributed by atoms with Gasteiger partial charge in [-0.1, -0.05) is 0 Å². The second kappa shape index (κ2) is 10.4. The highest BCUT2D eigenvalue weighted by molar-refractivity contribution is 14.0. The Morgan fingerprint density at radius 3 is 2.46 bits per heavy atom. The van der Waals surface area contributed by atoms with E-state index in [9.17, 15) is 21.6 Å². The van der Waals surface area contributed by atoms with E-state index < -0.39 is 21.7 Å². The quantitative estimate of drug-likeness (QED) is 0.259. The van der Waals surface area contributed by atoms with Crippen molar-refractivity contribution in [2.45, 2.75) is 19.0 Å². The molecule has 0 spiro atoms. The summed E-state index contributed by atoms with van der Waals surface area (Å²) >= 11 is 0.962. The van der Waals surface area contributed by atoms with Crippen LogP contribution in [0.5, 0.6) is 0 Å². The fraction of sp³-hybridized carbons (Fsp3) is 0.667. The largest absolute Gasteiger partial charge is 0.434 e. The Morgan fingerprint density at radius 1 is 1.33 bits per heavy atom. The van der Waals surface area contributed by atoms with Crippen molar-refractivity contribution in [1.82, 2.24) is 15.6 Å². The first-order chi connectivity index (χ1) is 10.6. The Hall–Kier alpha value is -0.630. The summed E-state index contributed by atoms with van der Waals surface area (Å²) in [5.41, 5.74) is -0.874. The number of sulfone groups is 1. The molecule has 0 bridgehead atoms. The van der Waals surface area contributed by atoms with Gasteiger partial charge in [0.15, 0.2) is 11.7 Å². The molecule has 1 heterocycles. The smallest absolute Gasteiger partial charge is 0.356 e. The number of rotatable bonds is 7. The van der Waals surface area contributed by atoms with Crippen molar-refractivity contribution in [1.29, 1.82) is 0 Å². The van der Waals surface area contributed by atoms with Crippen molar-refractivity contribution in [2.75, 3.05) is 32.1 Å². The molecule has 6 nitrogen and oxygen atoms in total. The van der Waals surface area contributed by atoms with Crippen molar-refractivity contribution < 1.29 is 21.6 Å². The van der Waals surface area contributed by atoms with Crippen molar-refractivity contribution in [2.24, 2.45) is 4.99 Å². The van der Waals surface area contributed by atoms with E-state index in [0.717, 1.165) is 16.7 Å². The zero-order valence-corrected chi connectivity index (χ0v) is 17.1. The number of nitrogens with zero attached hydrogens (tertiary/aromatic N) is 2. The molecule has 2 N–H and O–H groups in total. The predicted molar refractivity (Wildman–Crippen MR) is 99.9 cm³/mol. The lowest BCUT2D eigenvalue weighted by molar-refractivity contribution is -0.140. The maximum Gasteiger partial charge on any atom is 0.434 e. The maximum absolute atomic E-state index is 12.4. The third-order valence-electron chi connectivity index (χ3n) is 2.68. The van der Waals surface area contributed by atoms with Gasteiger partial charge in [0.05, 0.1) is 10.8 Å². The van der Waals surface area contributed by atoms with Gasteiger partial charge in [-0.05, 0) is 6.42 Å². The van der Waals surface area contributed by atoms with Gasteiger partial charge in [-0.15, -0.1) is 35.3 Å². The lowest BCUT2D eigenvalue weighted by Crippen LogP contribution is -2.39. The number of aromatic nitrogens is 1. The molecule has 0 aliphatic heterocycles. The van der Waals surface area contributed by atoms with Crippen LogP contribution < -0.4 is 10.6 Å². The van der Waals surface area contributed by atoms with Crippen molar-refractivity contribution in [3.63, 3.8) is 0 Å². The topological polar surface area (TPSA) is 83.5 Å². The molecule has 1 rings (SSSR count). The summed E-state index contributed by atoms with van der Waals surface area (Å²) in [5.74, 6) is 0.544. The molecule has 0 aliphatic carbocycles. The Labute approximate surface area is 160 Å². The van der Waals surface area contributed by atoms with E-state index in [0.29, 0.717) is 36.9 Å². The van der Waals surface area contributed by atoms with Crippen molar-refractivity contribution in [3.05, 3.63) is 16.1 Å². The summed E-state index contributed by atoms with van der Waals surface area (Å²) in [7, 11) is -1.44.